The van der Waals surface area contributed by atoms with Crippen LogP contribution in [-0.4, -0.2) is 16.4 Å². The number of nitrogens with zero attached hydrogens (tertiary/aromatic N) is 3. The summed E-state index contributed by atoms with van der Waals surface area (Å²) >= 11 is 1.75. The number of aliphatic imine (C=N–C) groups is 1. The fraction of sp³-hybridized carbons (Fsp3) is 0.182. The van der Waals surface area contributed by atoms with Crippen molar-refractivity contribution in [3.05, 3.63) is 45.4 Å². The molecule has 3 rings (SSSR count). The van der Waals surface area contributed by atoms with Gasteiger partial charge in [0.05, 0.1) is 18.4 Å². The van der Waals surface area contributed by atoms with Gasteiger partial charge in [-0.25, -0.2) is 0 Å². The average Bonchev–Trinajstić information content (AvgIpc) is 2.87. The Morgan fingerprint density at radius 1 is 1.40 bits per heavy atom. The van der Waals surface area contributed by atoms with Crippen LogP contribution in [0.1, 0.15) is 21.7 Å². The minimum Gasteiger partial charge on any atom is -0.288 e. The minimum absolute atomic E-state index is 0.756. The van der Waals surface area contributed by atoms with E-state index >= 15 is 0 Å². The highest BCUT2D eigenvalue weighted by Crippen LogP contribution is 2.20. The Labute approximate surface area is 91.5 Å². The van der Waals surface area contributed by atoms with Crippen LogP contribution in [0, 0.1) is 0 Å². The maximum Gasteiger partial charge on any atom is 0.0740 e. The molecular formula is C11H9N3S. The summed E-state index contributed by atoms with van der Waals surface area (Å²) in [6.45, 7) is 0.756. The summed E-state index contributed by atoms with van der Waals surface area (Å²) in [5, 5.41) is 10.3. The van der Waals surface area contributed by atoms with Crippen molar-refractivity contribution in [2.45, 2.75) is 13.0 Å². The van der Waals surface area contributed by atoms with Gasteiger partial charge in [0.15, 0.2) is 0 Å². The lowest BCUT2D eigenvalue weighted by molar-refractivity contribution is 0.900. The first-order valence-corrected chi connectivity index (χ1v) is 5.67. The Morgan fingerprint density at radius 2 is 2.40 bits per heavy atom. The lowest BCUT2D eigenvalue weighted by Crippen LogP contribution is -2.00. The molecule has 3 heterocycles. The number of hydrogen-bond donors (Lipinski definition) is 0. The predicted molar refractivity (Wildman–Crippen MR) is 60.5 cm³/mol. The first-order valence-electron chi connectivity index (χ1n) is 4.79. The Bertz CT molecular complexity index is 503. The zero-order valence-corrected chi connectivity index (χ0v) is 8.87. The molecule has 15 heavy (non-hydrogen) atoms. The van der Waals surface area contributed by atoms with Crippen LogP contribution in [-0.2, 0) is 13.0 Å². The summed E-state index contributed by atoms with van der Waals surface area (Å²) < 4.78 is 0. The molecule has 3 nitrogen and oxygen atoms in total. The summed E-state index contributed by atoms with van der Waals surface area (Å²) in [5.74, 6) is 0. The first kappa shape index (κ1) is 8.73. The highest BCUT2D eigenvalue weighted by Gasteiger charge is 2.13. The minimum atomic E-state index is 0.756. The molecular weight excluding hydrogens is 206 g/mol. The molecule has 0 aliphatic carbocycles. The van der Waals surface area contributed by atoms with Crippen LogP contribution >= 0.6 is 11.3 Å². The topological polar surface area (TPSA) is 38.1 Å². The normalized spacial score (nSPS) is 13.1. The summed E-state index contributed by atoms with van der Waals surface area (Å²) in [5.41, 5.74) is 3.42. The molecule has 0 radical (unpaired) electrons. The van der Waals surface area contributed by atoms with Crippen LogP contribution in [0.4, 0.5) is 0 Å². The predicted octanol–water partition coefficient (Wildman–Crippen LogP) is 2.06. The van der Waals surface area contributed by atoms with E-state index in [0.717, 1.165) is 24.2 Å². The maximum absolute atomic E-state index is 4.24. The van der Waals surface area contributed by atoms with E-state index in [0.29, 0.717) is 0 Å². The summed E-state index contributed by atoms with van der Waals surface area (Å²) in [6.07, 6.45) is 4.53. The number of hydrogen-bond acceptors (Lipinski definition) is 4. The van der Waals surface area contributed by atoms with Crippen molar-refractivity contribution in [3.63, 3.8) is 0 Å². The molecule has 0 unspecified atom stereocenters. The van der Waals surface area contributed by atoms with Crippen molar-refractivity contribution in [1.82, 2.24) is 10.2 Å². The molecule has 0 spiro atoms. The Hall–Kier alpha value is -1.55. The van der Waals surface area contributed by atoms with E-state index in [1.165, 1.54) is 10.4 Å². The van der Waals surface area contributed by atoms with E-state index in [2.05, 4.69) is 32.7 Å². The van der Waals surface area contributed by atoms with Gasteiger partial charge in [0, 0.05) is 28.6 Å². The third-order valence-electron chi connectivity index (χ3n) is 2.47. The lowest BCUT2D eigenvalue weighted by Gasteiger charge is -2.03. The molecule has 0 N–H and O–H groups in total. The van der Waals surface area contributed by atoms with E-state index in [9.17, 15) is 0 Å². The zero-order chi connectivity index (χ0) is 10.1. The van der Waals surface area contributed by atoms with Gasteiger partial charge in [0.2, 0.25) is 0 Å². The molecule has 0 amide bonds. The quantitative estimate of drug-likeness (QED) is 0.769. The van der Waals surface area contributed by atoms with Crippen LogP contribution in [0.5, 0.6) is 0 Å². The molecule has 0 aromatic carbocycles. The third kappa shape index (κ3) is 1.57. The van der Waals surface area contributed by atoms with Crippen molar-refractivity contribution >= 4 is 17.6 Å². The second-order valence-corrected chi connectivity index (χ2v) is 4.48. The first-order chi connectivity index (χ1) is 7.43. The van der Waals surface area contributed by atoms with Crippen molar-refractivity contribution in [2.75, 3.05) is 0 Å². The average molecular weight is 215 g/mol. The monoisotopic (exact) mass is 215 g/mol. The van der Waals surface area contributed by atoms with Crippen LogP contribution in [0.3, 0.4) is 0 Å². The highest BCUT2D eigenvalue weighted by atomic mass is 32.1. The second kappa shape index (κ2) is 3.55. The Kier molecular flexibility index (Phi) is 2.07. The SMILES string of the molecule is C1=NCc2c1cnnc2Cc1cccs1. The van der Waals surface area contributed by atoms with Crippen LogP contribution < -0.4 is 0 Å². The molecule has 0 atom stereocenters. The molecule has 2 aromatic heterocycles. The molecule has 0 fully saturated rings. The second-order valence-electron chi connectivity index (χ2n) is 3.45. The van der Waals surface area contributed by atoms with Crippen molar-refractivity contribution < 1.29 is 0 Å². The van der Waals surface area contributed by atoms with Crippen LogP contribution in [0.15, 0.2) is 28.7 Å². The van der Waals surface area contributed by atoms with Crippen LogP contribution in [0.2, 0.25) is 0 Å². The summed E-state index contributed by atoms with van der Waals surface area (Å²) in [4.78, 5) is 5.56. The van der Waals surface area contributed by atoms with Gasteiger partial charge in [-0.2, -0.15) is 10.2 Å². The molecule has 1 aliphatic heterocycles. The van der Waals surface area contributed by atoms with E-state index in [4.69, 9.17) is 0 Å². The molecule has 74 valence electrons. The van der Waals surface area contributed by atoms with Gasteiger partial charge in [0.1, 0.15) is 0 Å². The van der Waals surface area contributed by atoms with Gasteiger partial charge in [0.25, 0.3) is 0 Å². The fourth-order valence-corrected chi connectivity index (χ4v) is 2.42. The third-order valence-corrected chi connectivity index (χ3v) is 3.35. The molecule has 0 bridgehead atoms. The van der Waals surface area contributed by atoms with Crippen molar-refractivity contribution in [1.29, 1.82) is 0 Å². The maximum atomic E-state index is 4.24. The molecule has 1 aliphatic rings. The summed E-state index contributed by atoms with van der Waals surface area (Å²) in [7, 11) is 0. The van der Waals surface area contributed by atoms with Crippen molar-refractivity contribution in [3.8, 4) is 0 Å². The Balaban J connectivity index is 1.97. The zero-order valence-electron chi connectivity index (χ0n) is 8.05. The highest BCUT2D eigenvalue weighted by molar-refractivity contribution is 7.09. The number of fused-ring (bicyclic) bond motifs is 1. The largest absolute Gasteiger partial charge is 0.288 e. The van der Waals surface area contributed by atoms with Gasteiger partial charge < -0.3 is 0 Å². The number of aromatic nitrogens is 2. The smallest absolute Gasteiger partial charge is 0.0740 e. The van der Waals surface area contributed by atoms with Crippen LogP contribution in [0.25, 0.3) is 0 Å². The molecule has 0 saturated heterocycles. The van der Waals surface area contributed by atoms with E-state index in [-0.39, 0.29) is 0 Å². The Morgan fingerprint density at radius 3 is 3.27 bits per heavy atom. The molecule has 4 heteroatoms. The van der Waals surface area contributed by atoms with E-state index < -0.39 is 0 Å². The van der Waals surface area contributed by atoms with E-state index in [1.54, 1.807) is 17.5 Å². The number of rotatable bonds is 2. The lowest BCUT2D eigenvalue weighted by atomic mass is 10.1. The number of thiophene rings is 1. The summed E-state index contributed by atoms with van der Waals surface area (Å²) in [6, 6.07) is 4.19. The molecule has 2 aromatic rings. The van der Waals surface area contributed by atoms with Gasteiger partial charge in [-0.05, 0) is 11.4 Å². The molecule has 0 saturated carbocycles. The van der Waals surface area contributed by atoms with Gasteiger partial charge in [-0.15, -0.1) is 11.3 Å². The van der Waals surface area contributed by atoms with Gasteiger partial charge >= 0.3 is 0 Å². The standard InChI is InChI=1S/C11H9N3S/c1-2-9(15-3-1)4-11-10-7-12-5-8(10)6-13-14-11/h1-3,5-6H,4,7H2. The van der Waals surface area contributed by atoms with E-state index in [1.807, 2.05) is 6.21 Å². The van der Waals surface area contributed by atoms with Gasteiger partial charge in [-0.3, -0.25) is 4.99 Å². The van der Waals surface area contributed by atoms with Crippen molar-refractivity contribution in [2.24, 2.45) is 4.99 Å². The van der Waals surface area contributed by atoms with Gasteiger partial charge in [-0.1, -0.05) is 6.07 Å². The fourth-order valence-electron chi connectivity index (χ4n) is 1.71.